The molecule has 0 aromatic heterocycles. The fraction of sp³-hybridized carbons (Fsp3) is 0.723. The summed E-state index contributed by atoms with van der Waals surface area (Å²) in [5.74, 6) is -29.0. The van der Waals surface area contributed by atoms with Gasteiger partial charge in [0.25, 0.3) is 0 Å². The summed E-state index contributed by atoms with van der Waals surface area (Å²) in [6.07, 6.45) is -7.03. The van der Waals surface area contributed by atoms with Gasteiger partial charge in [-0.3, -0.25) is 106 Å². The van der Waals surface area contributed by atoms with Gasteiger partial charge in [-0.2, -0.15) is 0 Å². The lowest BCUT2D eigenvalue weighted by Crippen LogP contribution is -2.62. The van der Waals surface area contributed by atoms with Gasteiger partial charge in [0.1, 0.15) is 90.6 Å². The number of carbonyl (C=O) groups excluding carboxylic acids is 18. The van der Waals surface area contributed by atoms with Crippen LogP contribution in [0.2, 0.25) is 0 Å². The molecular formula is C83H144N24O29. The van der Waals surface area contributed by atoms with E-state index in [0.717, 1.165) is 6.92 Å². The molecule has 1 aliphatic rings. The lowest BCUT2D eigenvalue weighted by atomic mass is 9.95. The van der Waals surface area contributed by atoms with E-state index in [-0.39, 0.29) is 83.8 Å². The van der Waals surface area contributed by atoms with Crippen LogP contribution in [0.15, 0.2) is 4.99 Å². The van der Waals surface area contributed by atoms with Crippen LogP contribution in [0, 0.1) is 23.7 Å². The van der Waals surface area contributed by atoms with Crippen LogP contribution in [0.1, 0.15) is 210 Å². The number of carboxylic acids is 4. The first kappa shape index (κ1) is 121. The second-order valence-corrected chi connectivity index (χ2v) is 34.2. The quantitative estimate of drug-likeness (QED) is 0.0153. The van der Waals surface area contributed by atoms with Gasteiger partial charge in [0.2, 0.25) is 106 Å². The molecule has 36 N–H and O–H groups in total. The van der Waals surface area contributed by atoms with Gasteiger partial charge >= 0.3 is 23.9 Å². The van der Waals surface area contributed by atoms with Gasteiger partial charge in [-0.05, 0) is 153 Å². The number of primary amides is 2. The first-order chi connectivity index (χ1) is 63.8. The first-order valence-corrected chi connectivity index (χ1v) is 45.2. The van der Waals surface area contributed by atoms with Crippen molar-refractivity contribution >= 4 is 136 Å². The number of aliphatic hydroxyl groups excluding tert-OH is 3. The van der Waals surface area contributed by atoms with Gasteiger partial charge in [0.05, 0.1) is 38.2 Å². The third kappa shape index (κ3) is 46.5. The minimum atomic E-state index is -2.03. The van der Waals surface area contributed by atoms with Gasteiger partial charge in [-0.25, -0.2) is 4.79 Å². The zero-order valence-electron chi connectivity index (χ0n) is 78.5. The molecule has 1 fully saturated rings. The van der Waals surface area contributed by atoms with Crippen molar-refractivity contribution < 1.29 is 141 Å². The predicted octanol–water partition coefficient (Wildman–Crippen LogP) is -10.2. The topological polar surface area (TPSA) is 890 Å². The number of aliphatic carboxylic acids is 4. The standard InChI is InChI=1S/C83H144N24O29/c1-11-41(7)63(80(133)92-43(9)66(119)103-57(38-109)79(132)107-65(44(10)110)82(135)136)105-72(125)47(20-14-16-30-85)95-76(129)54(35-59(87)112)100-74(127)52(33-39(3)4)99-75(128)53(34-40(5)6)102-81(134)64(42(8)12-2)106-73(126)51(25-28-61(115)116)96-68(121)48(22-18-32-91-83(88)89)94-70(123)49(23-26-58(86)111)98-78(131)56(37-108)104-69(122)46(19-13-15-29-84)93-71(124)50(24-27-60(113)114)97-77(130)55(36-62(117)118)101-67(120)45-21-17-31-90-45/h39-57,63-65,90,108-110H,11-38,84-85H2,1-10H3,(H2,86,111)(H2,87,112)(H,92,133)(H,93,124)(H,94,123)(H,95,129)(H,96,121)(H,97,130)(H,98,131)(H,99,128)(H,100,127)(H,101,120)(H,102,134)(H,103,119)(H,104,122)(H,105,125)(H,106,126)(H,107,132)(H,113,114)(H,115,116)(H,117,118)(H,135,136)(H4,88,89,91)/t41-,42-,43-,44+,45-,46-,47-,48-,49-,50-,51-,52-,53-,54-,55-,56-,57-,63-,64-,65-/m0/s1. The molecule has 0 aliphatic carbocycles. The molecule has 0 radical (unpaired) electrons. The number of carboxylic acid groups (broad SMARTS) is 4. The third-order valence-corrected chi connectivity index (χ3v) is 21.7. The van der Waals surface area contributed by atoms with Crippen molar-refractivity contribution in [2.24, 2.45) is 63.1 Å². The Hall–Kier alpha value is -12.6. The SMILES string of the molecule is CC[C@H](C)[C@H](NC(=O)[C@H](CCCCN)NC(=O)[C@H](CC(N)=O)NC(=O)[C@H](CC(C)C)NC(=O)[C@H](CC(C)C)NC(=O)[C@@H](NC(=O)[C@H](CCC(=O)O)NC(=O)[C@H](CCCN=C(N)N)NC(=O)[C@H](CCC(N)=O)NC(=O)[C@H](CO)NC(=O)[C@H](CCCCN)NC(=O)[C@H](CCC(=O)O)NC(=O)[C@H](CC(=O)O)NC(=O)[C@@H]1CCCN1)[C@@H](C)CC)C(=O)N[C@@H](C)C(=O)N[C@@H](CO)C(=O)N[C@H](C(=O)O)[C@@H](C)O. The Bertz CT molecular complexity index is 4080. The molecule has 53 heteroatoms. The van der Waals surface area contributed by atoms with Crippen LogP contribution < -0.4 is 125 Å². The summed E-state index contributed by atoms with van der Waals surface area (Å²) < 4.78 is 0. The molecule has 1 heterocycles. The van der Waals surface area contributed by atoms with Crippen LogP contribution in [0.25, 0.3) is 0 Å². The van der Waals surface area contributed by atoms with Gasteiger partial charge in [-0.15, -0.1) is 0 Å². The first-order valence-electron chi connectivity index (χ1n) is 45.2. The molecule has 1 rings (SSSR count). The summed E-state index contributed by atoms with van der Waals surface area (Å²) in [4.78, 5) is 303. The Kier molecular flexibility index (Phi) is 56.8. The molecule has 1 aliphatic heterocycles. The highest BCUT2D eigenvalue weighted by Crippen LogP contribution is 2.18. The van der Waals surface area contributed by atoms with Crippen LogP contribution in [0.3, 0.4) is 0 Å². The van der Waals surface area contributed by atoms with Crippen LogP contribution in [-0.4, -0.2) is 320 Å². The monoisotopic (exact) mass is 1940 g/mol. The fourth-order valence-corrected chi connectivity index (χ4v) is 13.6. The van der Waals surface area contributed by atoms with Crippen molar-refractivity contribution in [3.05, 3.63) is 0 Å². The van der Waals surface area contributed by atoms with Crippen molar-refractivity contribution in [1.82, 2.24) is 90.4 Å². The van der Waals surface area contributed by atoms with Gasteiger partial charge in [-0.1, -0.05) is 68.2 Å². The molecule has 53 nitrogen and oxygen atoms in total. The summed E-state index contributed by atoms with van der Waals surface area (Å²) in [5, 5.41) is 110. The lowest BCUT2D eigenvalue weighted by Gasteiger charge is -2.30. The largest absolute Gasteiger partial charge is 0.481 e. The van der Waals surface area contributed by atoms with Crippen LogP contribution in [0.5, 0.6) is 0 Å². The van der Waals surface area contributed by atoms with E-state index in [1.807, 2.05) is 5.32 Å². The molecular weight excluding hydrogens is 1800 g/mol. The zero-order chi connectivity index (χ0) is 104. The second kappa shape index (κ2) is 63.6. The van der Waals surface area contributed by atoms with Crippen molar-refractivity contribution in [3.8, 4) is 0 Å². The molecule has 0 saturated carbocycles. The van der Waals surface area contributed by atoms with E-state index in [1.165, 1.54) is 13.8 Å². The summed E-state index contributed by atoms with van der Waals surface area (Å²) >= 11 is 0. The lowest BCUT2D eigenvalue weighted by molar-refractivity contribution is -0.145. The van der Waals surface area contributed by atoms with E-state index >= 15 is 0 Å². The maximum absolute atomic E-state index is 14.8. The minimum Gasteiger partial charge on any atom is -0.481 e. The molecule has 20 atom stereocenters. The molecule has 770 valence electrons. The summed E-state index contributed by atoms with van der Waals surface area (Å²) in [6, 6.07) is -28.4. The maximum atomic E-state index is 14.8. The zero-order valence-corrected chi connectivity index (χ0v) is 78.5. The average molecular weight is 1940 g/mol. The summed E-state index contributed by atoms with van der Waals surface area (Å²) in [6.45, 7) is 13.4. The number of nitrogens with one attached hydrogen (secondary N) is 17. The number of aliphatic imine (C=N–C) groups is 1. The van der Waals surface area contributed by atoms with Crippen LogP contribution in [0.4, 0.5) is 0 Å². The number of nitrogens with zero attached hydrogens (tertiary/aromatic N) is 1. The summed E-state index contributed by atoms with van der Waals surface area (Å²) in [5.41, 5.74) is 33.7. The van der Waals surface area contributed by atoms with E-state index < -0.39 is 340 Å². The van der Waals surface area contributed by atoms with Crippen LogP contribution >= 0.6 is 0 Å². The normalized spacial score (nSPS) is 16.5. The van der Waals surface area contributed by atoms with Gasteiger partial charge in [0, 0.05) is 25.8 Å². The third-order valence-electron chi connectivity index (χ3n) is 21.7. The molecule has 0 aromatic rings. The van der Waals surface area contributed by atoms with Gasteiger partial charge in [0.15, 0.2) is 12.0 Å². The second-order valence-electron chi connectivity index (χ2n) is 34.2. The van der Waals surface area contributed by atoms with Crippen molar-refractivity contribution in [1.29, 1.82) is 0 Å². The number of aliphatic hydroxyl groups is 3. The van der Waals surface area contributed by atoms with Crippen molar-refractivity contribution in [2.75, 3.05) is 39.4 Å². The number of unbranched alkanes of at least 4 members (excludes halogenated alkanes) is 2. The summed E-state index contributed by atoms with van der Waals surface area (Å²) in [7, 11) is 0. The van der Waals surface area contributed by atoms with E-state index in [9.17, 15) is 141 Å². The van der Waals surface area contributed by atoms with E-state index in [4.69, 9.17) is 34.4 Å². The van der Waals surface area contributed by atoms with Crippen molar-refractivity contribution in [2.45, 2.75) is 319 Å². The van der Waals surface area contributed by atoms with E-state index in [1.54, 1.807) is 48.5 Å². The molecule has 136 heavy (non-hydrogen) atoms. The number of guanidine groups is 1. The Morgan fingerprint density at radius 2 is 0.676 bits per heavy atom. The van der Waals surface area contributed by atoms with Gasteiger partial charge < -0.3 is 161 Å². The average Bonchev–Trinajstić information content (AvgIpc) is 0.884. The molecule has 0 spiro atoms. The Morgan fingerprint density at radius 1 is 0.353 bits per heavy atom. The number of hydrogen-bond donors (Lipinski definition) is 30. The highest BCUT2D eigenvalue weighted by Gasteiger charge is 2.42. The van der Waals surface area contributed by atoms with Crippen molar-refractivity contribution in [3.63, 3.8) is 0 Å². The number of amides is 18. The van der Waals surface area contributed by atoms with E-state index in [2.05, 4.69) is 90.1 Å². The molecule has 1 saturated heterocycles. The Balaban J connectivity index is 3.80. The Labute approximate surface area is 786 Å². The number of nitrogens with two attached hydrogens (primary N) is 6. The predicted molar refractivity (Wildman–Crippen MR) is 483 cm³/mol. The molecule has 0 aromatic carbocycles. The van der Waals surface area contributed by atoms with Crippen LogP contribution in [-0.2, 0) is 105 Å². The van der Waals surface area contributed by atoms with E-state index in [0.29, 0.717) is 25.8 Å². The number of rotatable bonds is 69. The molecule has 18 amide bonds. The number of hydrogen-bond acceptors (Lipinski definition) is 29. The molecule has 0 unspecified atom stereocenters. The highest BCUT2D eigenvalue weighted by molar-refractivity contribution is 6.02. The maximum Gasteiger partial charge on any atom is 0.328 e. The fourth-order valence-electron chi connectivity index (χ4n) is 13.6. The number of carbonyl (C=O) groups is 22. The minimum absolute atomic E-state index is 0.0607. The Morgan fingerprint density at radius 3 is 1.02 bits per heavy atom. The molecule has 0 bridgehead atoms. The smallest absolute Gasteiger partial charge is 0.328 e. The highest BCUT2D eigenvalue weighted by atomic mass is 16.4.